The Morgan fingerprint density at radius 1 is 1.69 bits per heavy atom. The van der Waals surface area contributed by atoms with Gasteiger partial charge in [-0.1, -0.05) is 0 Å². The zero-order valence-electron chi connectivity index (χ0n) is 7.66. The second-order valence-electron chi connectivity index (χ2n) is 2.64. The predicted octanol–water partition coefficient (Wildman–Crippen LogP) is -0.181. The van der Waals surface area contributed by atoms with Crippen LogP contribution >= 0.6 is 0 Å². The van der Waals surface area contributed by atoms with Gasteiger partial charge in [-0.15, -0.1) is 0 Å². The van der Waals surface area contributed by atoms with E-state index < -0.39 is 0 Å². The molecule has 0 unspecified atom stereocenters. The summed E-state index contributed by atoms with van der Waals surface area (Å²) < 4.78 is 6.02. The number of H-pyrrole nitrogens is 1. The van der Waals surface area contributed by atoms with Crippen molar-refractivity contribution in [3.63, 3.8) is 0 Å². The summed E-state index contributed by atoms with van der Waals surface area (Å²) in [4.78, 5) is 22.2. The largest absolute Gasteiger partial charge is 0.466 e. The molecule has 0 aromatic carbocycles. The molecule has 0 aliphatic carbocycles. The third-order valence-electron chi connectivity index (χ3n) is 1.65. The maximum atomic E-state index is 11.2. The fourth-order valence-electron chi connectivity index (χ4n) is 1.00. The number of ether oxygens (including phenoxy) is 1. The first-order valence-electron chi connectivity index (χ1n) is 4.04. The molecule has 1 rings (SSSR count). The van der Waals surface area contributed by atoms with E-state index in [-0.39, 0.29) is 17.9 Å². The molecule has 0 bridgehead atoms. The third-order valence-corrected chi connectivity index (χ3v) is 1.65. The second-order valence-corrected chi connectivity index (χ2v) is 2.64. The Morgan fingerprint density at radius 2 is 2.38 bits per heavy atom. The summed E-state index contributed by atoms with van der Waals surface area (Å²) in [5.74, 6) is -0.376. The van der Waals surface area contributed by atoms with Crippen LogP contribution in [0, 0.1) is 0 Å². The Hall–Kier alpha value is -1.52. The third kappa shape index (κ3) is 2.21. The standard InChI is InChI=1S/C8H12N2O3/c1-3-13-7(11)4-6-5-9-10(2)8(6)12/h5,9H,3-4H2,1-2H3. The molecule has 0 aliphatic rings. The van der Waals surface area contributed by atoms with Crippen LogP contribution in [-0.4, -0.2) is 22.4 Å². The number of rotatable bonds is 3. The van der Waals surface area contributed by atoms with Crippen LogP contribution in [0.2, 0.25) is 0 Å². The van der Waals surface area contributed by atoms with Crippen molar-refractivity contribution in [2.24, 2.45) is 7.05 Å². The van der Waals surface area contributed by atoms with Gasteiger partial charge in [0.1, 0.15) is 0 Å². The van der Waals surface area contributed by atoms with E-state index >= 15 is 0 Å². The first-order chi connectivity index (χ1) is 6.15. The zero-order chi connectivity index (χ0) is 9.84. The van der Waals surface area contributed by atoms with E-state index in [9.17, 15) is 9.59 Å². The Labute approximate surface area is 75.3 Å². The molecule has 0 aliphatic heterocycles. The quantitative estimate of drug-likeness (QED) is 0.663. The summed E-state index contributed by atoms with van der Waals surface area (Å²) in [6, 6.07) is 0. The van der Waals surface area contributed by atoms with Crippen LogP contribution in [0.5, 0.6) is 0 Å². The van der Waals surface area contributed by atoms with E-state index in [1.807, 2.05) is 0 Å². The van der Waals surface area contributed by atoms with Gasteiger partial charge in [-0.25, -0.2) is 0 Å². The molecular formula is C8H12N2O3. The fraction of sp³-hybridized carbons (Fsp3) is 0.500. The van der Waals surface area contributed by atoms with Crippen molar-refractivity contribution in [3.8, 4) is 0 Å². The van der Waals surface area contributed by atoms with Crippen molar-refractivity contribution in [3.05, 3.63) is 22.1 Å². The van der Waals surface area contributed by atoms with Gasteiger partial charge >= 0.3 is 5.97 Å². The Kier molecular flexibility index (Phi) is 2.89. The SMILES string of the molecule is CCOC(=O)Cc1c[nH]n(C)c1=O. The molecule has 0 spiro atoms. The molecule has 0 saturated heterocycles. The highest BCUT2D eigenvalue weighted by Crippen LogP contribution is 1.92. The van der Waals surface area contributed by atoms with Crippen molar-refractivity contribution in [2.75, 3.05) is 6.61 Å². The molecule has 0 atom stereocenters. The zero-order valence-corrected chi connectivity index (χ0v) is 7.66. The van der Waals surface area contributed by atoms with Gasteiger partial charge in [0.15, 0.2) is 0 Å². The van der Waals surface area contributed by atoms with Crippen LogP contribution in [-0.2, 0) is 23.0 Å². The summed E-state index contributed by atoms with van der Waals surface area (Å²) in [7, 11) is 1.59. The first-order valence-corrected chi connectivity index (χ1v) is 4.04. The summed E-state index contributed by atoms with van der Waals surface area (Å²) in [6.45, 7) is 2.07. The average Bonchev–Trinajstić information content (AvgIpc) is 2.37. The van der Waals surface area contributed by atoms with Gasteiger partial charge in [0.25, 0.3) is 5.56 Å². The van der Waals surface area contributed by atoms with Gasteiger partial charge in [0.05, 0.1) is 13.0 Å². The van der Waals surface area contributed by atoms with Gasteiger partial charge < -0.3 is 9.84 Å². The lowest BCUT2D eigenvalue weighted by atomic mass is 10.2. The number of hydrogen-bond donors (Lipinski definition) is 1. The molecule has 1 aromatic rings. The van der Waals surface area contributed by atoms with Crippen LogP contribution < -0.4 is 5.56 Å². The summed E-state index contributed by atoms with van der Waals surface area (Å²) in [5, 5.41) is 2.68. The molecule has 1 aromatic heterocycles. The van der Waals surface area contributed by atoms with Crippen molar-refractivity contribution in [2.45, 2.75) is 13.3 Å². The molecule has 72 valence electrons. The summed E-state index contributed by atoms with van der Waals surface area (Å²) in [6.07, 6.45) is 1.54. The lowest BCUT2D eigenvalue weighted by Gasteiger charge is -1.97. The first kappa shape index (κ1) is 9.57. The highest BCUT2D eigenvalue weighted by atomic mass is 16.5. The van der Waals surface area contributed by atoms with E-state index in [4.69, 9.17) is 4.74 Å². The van der Waals surface area contributed by atoms with Crippen molar-refractivity contribution in [1.29, 1.82) is 0 Å². The van der Waals surface area contributed by atoms with Crippen LogP contribution in [0.3, 0.4) is 0 Å². The number of nitrogens with one attached hydrogen (secondary N) is 1. The number of carbonyl (C=O) groups is 1. The predicted molar refractivity (Wildman–Crippen MR) is 46.4 cm³/mol. The van der Waals surface area contributed by atoms with Crippen LogP contribution in [0.1, 0.15) is 12.5 Å². The summed E-state index contributed by atoms with van der Waals surface area (Å²) >= 11 is 0. The maximum Gasteiger partial charge on any atom is 0.310 e. The van der Waals surface area contributed by atoms with Gasteiger partial charge in [0, 0.05) is 18.8 Å². The normalized spacial score (nSPS) is 10.0. The van der Waals surface area contributed by atoms with Crippen LogP contribution in [0.25, 0.3) is 0 Å². The number of aromatic amines is 1. The number of aryl methyl sites for hydroxylation is 1. The van der Waals surface area contributed by atoms with Gasteiger partial charge in [-0.3, -0.25) is 14.3 Å². The van der Waals surface area contributed by atoms with Crippen molar-refractivity contribution < 1.29 is 9.53 Å². The van der Waals surface area contributed by atoms with E-state index in [0.29, 0.717) is 12.2 Å². The molecule has 0 amide bonds. The molecule has 5 heteroatoms. The second kappa shape index (κ2) is 3.93. The van der Waals surface area contributed by atoms with Crippen LogP contribution in [0.15, 0.2) is 11.0 Å². The molecule has 1 N–H and O–H groups in total. The monoisotopic (exact) mass is 184 g/mol. The van der Waals surface area contributed by atoms with Gasteiger partial charge in [-0.2, -0.15) is 0 Å². The fourth-order valence-corrected chi connectivity index (χ4v) is 1.00. The minimum Gasteiger partial charge on any atom is -0.466 e. The Bertz CT molecular complexity index is 351. The Balaban J connectivity index is 2.69. The number of aromatic nitrogens is 2. The van der Waals surface area contributed by atoms with E-state index in [1.54, 1.807) is 14.0 Å². The Morgan fingerprint density at radius 3 is 2.85 bits per heavy atom. The van der Waals surface area contributed by atoms with Crippen molar-refractivity contribution >= 4 is 5.97 Å². The number of nitrogens with zero attached hydrogens (tertiary/aromatic N) is 1. The number of esters is 1. The molecule has 13 heavy (non-hydrogen) atoms. The number of hydrogen-bond acceptors (Lipinski definition) is 3. The highest BCUT2D eigenvalue weighted by molar-refractivity contribution is 5.72. The van der Waals surface area contributed by atoms with Gasteiger partial charge in [0.2, 0.25) is 0 Å². The topological polar surface area (TPSA) is 64.1 Å². The molecular weight excluding hydrogens is 172 g/mol. The number of carbonyl (C=O) groups excluding carboxylic acids is 1. The van der Waals surface area contributed by atoms with E-state index in [1.165, 1.54) is 10.9 Å². The maximum absolute atomic E-state index is 11.2. The lowest BCUT2D eigenvalue weighted by Crippen LogP contribution is -2.18. The minimum absolute atomic E-state index is 0.0318. The molecule has 5 nitrogen and oxygen atoms in total. The molecule has 0 radical (unpaired) electrons. The molecule has 0 saturated carbocycles. The molecule has 0 fully saturated rings. The highest BCUT2D eigenvalue weighted by Gasteiger charge is 2.09. The lowest BCUT2D eigenvalue weighted by molar-refractivity contribution is -0.142. The summed E-state index contributed by atoms with van der Waals surface area (Å²) in [5.41, 5.74) is 0.244. The van der Waals surface area contributed by atoms with Crippen LogP contribution in [0.4, 0.5) is 0 Å². The molecule has 1 heterocycles. The minimum atomic E-state index is -0.376. The average molecular weight is 184 g/mol. The van der Waals surface area contributed by atoms with E-state index in [2.05, 4.69) is 5.10 Å². The van der Waals surface area contributed by atoms with Gasteiger partial charge in [-0.05, 0) is 6.92 Å². The van der Waals surface area contributed by atoms with E-state index in [0.717, 1.165) is 0 Å². The van der Waals surface area contributed by atoms with Crippen molar-refractivity contribution in [1.82, 2.24) is 9.78 Å². The smallest absolute Gasteiger partial charge is 0.310 e.